The molecule has 0 aliphatic carbocycles. The molecular weight excluding hydrogens is 386 g/mol. The zero-order chi connectivity index (χ0) is 17.4. The van der Waals surface area contributed by atoms with Crippen LogP contribution in [0, 0.1) is 0 Å². The van der Waals surface area contributed by atoms with Gasteiger partial charge in [0.1, 0.15) is 18.0 Å². The average Bonchev–Trinajstić information content (AvgIpc) is 3.11. The highest BCUT2D eigenvalue weighted by molar-refractivity contribution is 9.10. The van der Waals surface area contributed by atoms with E-state index >= 15 is 0 Å². The highest BCUT2D eigenvalue weighted by Crippen LogP contribution is 2.36. The molecule has 2 heterocycles. The Labute approximate surface area is 151 Å². The fraction of sp³-hybridized carbons (Fsp3) is 0.111. The molecule has 3 N–H and O–H groups in total. The quantitative estimate of drug-likeness (QED) is 0.463. The number of aromatic amines is 1. The normalized spacial score (nSPS) is 14.8. The highest BCUT2D eigenvalue weighted by Gasteiger charge is 2.29. The summed E-state index contributed by atoms with van der Waals surface area (Å²) in [5, 5.41) is 24.4. The molecule has 0 unspecified atom stereocenters. The number of fused-ring (bicyclic) bond motifs is 2. The topological polar surface area (TPSA) is 90.2 Å². The van der Waals surface area contributed by atoms with Crippen molar-refractivity contribution in [1.29, 1.82) is 0 Å². The van der Waals surface area contributed by atoms with E-state index < -0.39 is 0 Å². The number of aromatic hydroxyl groups is 1. The van der Waals surface area contributed by atoms with Crippen molar-refractivity contribution in [2.45, 2.75) is 0 Å². The summed E-state index contributed by atoms with van der Waals surface area (Å²) in [7, 11) is 0. The number of hydrogen-bond donors (Lipinski definition) is 3. The molecule has 126 valence electrons. The van der Waals surface area contributed by atoms with Gasteiger partial charge in [-0.05, 0) is 18.2 Å². The Morgan fingerprint density at radius 1 is 1.20 bits per heavy atom. The molecule has 0 bridgehead atoms. The molecule has 4 rings (SSSR count). The van der Waals surface area contributed by atoms with Gasteiger partial charge in [0, 0.05) is 15.4 Å². The Hall–Kier alpha value is -2.64. The van der Waals surface area contributed by atoms with E-state index in [-0.39, 0.29) is 19.1 Å². The van der Waals surface area contributed by atoms with Gasteiger partial charge in [-0.3, -0.25) is 0 Å². The summed E-state index contributed by atoms with van der Waals surface area (Å²) >= 11 is 3.43. The number of oxime groups is 1. The average molecular weight is 400 g/mol. The number of benzene rings is 2. The zero-order valence-electron chi connectivity index (χ0n) is 13.0. The van der Waals surface area contributed by atoms with Gasteiger partial charge in [0.15, 0.2) is 5.88 Å². The van der Waals surface area contributed by atoms with Crippen LogP contribution in [-0.4, -0.2) is 39.8 Å². The Balaban J connectivity index is 1.89. The summed E-state index contributed by atoms with van der Waals surface area (Å²) in [5.74, 6) is 0.0227. The van der Waals surface area contributed by atoms with Crippen LogP contribution in [0.25, 0.3) is 10.9 Å². The van der Waals surface area contributed by atoms with Crippen molar-refractivity contribution in [2.24, 2.45) is 10.1 Å². The van der Waals surface area contributed by atoms with Gasteiger partial charge in [-0.15, -0.1) is 0 Å². The Bertz CT molecular complexity index is 1020. The molecule has 0 saturated heterocycles. The number of aliphatic imine (C=N–C) groups is 1. The minimum Gasteiger partial charge on any atom is -0.494 e. The van der Waals surface area contributed by atoms with Crippen molar-refractivity contribution in [3.8, 4) is 5.88 Å². The van der Waals surface area contributed by atoms with E-state index in [0.717, 1.165) is 26.6 Å². The smallest absolute Gasteiger partial charge is 0.199 e. The third kappa shape index (κ3) is 2.71. The van der Waals surface area contributed by atoms with Gasteiger partial charge in [0.25, 0.3) is 0 Å². The van der Waals surface area contributed by atoms with E-state index in [0.29, 0.717) is 17.0 Å². The number of nitrogens with zero attached hydrogens (tertiary/aromatic N) is 2. The van der Waals surface area contributed by atoms with Gasteiger partial charge in [0.2, 0.25) is 0 Å². The molecule has 0 fully saturated rings. The number of para-hydroxylation sites is 1. The van der Waals surface area contributed by atoms with Crippen molar-refractivity contribution in [3.63, 3.8) is 0 Å². The van der Waals surface area contributed by atoms with E-state index in [1.165, 1.54) is 0 Å². The zero-order valence-corrected chi connectivity index (χ0v) is 14.6. The summed E-state index contributed by atoms with van der Waals surface area (Å²) in [4.78, 5) is 12.8. The minimum absolute atomic E-state index is 0.0227. The summed E-state index contributed by atoms with van der Waals surface area (Å²) < 4.78 is 0.907. The molecule has 0 saturated carbocycles. The maximum absolute atomic E-state index is 10.5. The van der Waals surface area contributed by atoms with Crippen molar-refractivity contribution < 1.29 is 15.1 Å². The maximum Gasteiger partial charge on any atom is 0.199 e. The van der Waals surface area contributed by atoms with E-state index in [2.05, 4.69) is 31.1 Å². The number of aliphatic hydroxyl groups excluding tert-OH is 1. The number of hydrogen-bond acceptors (Lipinski definition) is 5. The molecule has 0 atom stereocenters. The molecule has 3 aromatic rings. The Morgan fingerprint density at radius 3 is 2.88 bits per heavy atom. The molecule has 1 aliphatic heterocycles. The SMILES string of the molecule is OCCO/N=C1\C(c2c(O)[nH]c3cc(Br)ccc23)=Nc2ccccc21. The van der Waals surface area contributed by atoms with E-state index in [1.807, 2.05) is 42.5 Å². The Kier molecular flexibility index (Phi) is 4.03. The molecule has 7 heteroatoms. The second-order valence-electron chi connectivity index (χ2n) is 5.51. The summed E-state index contributed by atoms with van der Waals surface area (Å²) in [6, 6.07) is 13.3. The standard InChI is InChI=1S/C18H14BrN3O3/c19-10-5-6-11-14(9-10)21-18(24)15(11)17-16(22-25-8-7-23)12-3-1-2-4-13(12)20-17/h1-6,9,21,23-24H,7-8H2/b22-16-. The molecule has 2 aromatic carbocycles. The lowest BCUT2D eigenvalue weighted by molar-refractivity contribution is 0.0992. The third-order valence-electron chi connectivity index (χ3n) is 3.93. The van der Waals surface area contributed by atoms with Crippen LogP contribution in [0.3, 0.4) is 0 Å². The summed E-state index contributed by atoms with van der Waals surface area (Å²) in [5.41, 5.74) is 4.01. The van der Waals surface area contributed by atoms with Crippen molar-refractivity contribution in [2.75, 3.05) is 13.2 Å². The fourth-order valence-corrected chi connectivity index (χ4v) is 3.25. The third-order valence-corrected chi connectivity index (χ3v) is 4.43. The molecule has 0 amide bonds. The first-order valence-corrected chi connectivity index (χ1v) is 8.48. The highest BCUT2D eigenvalue weighted by atomic mass is 79.9. The van der Waals surface area contributed by atoms with Gasteiger partial charge in [-0.25, -0.2) is 4.99 Å². The van der Waals surface area contributed by atoms with Gasteiger partial charge >= 0.3 is 0 Å². The number of aliphatic hydroxyl groups is 1. The molecule has 1 aliphatic rings. The molecule has 0 spiro atoms. The van der Waals surface area contributed by atoms with Crippen LogP contribution < -0.4 is 0 Å². The second kappa shape index (κ2) is 6.34. The maximum atomic E-state index is 10.5. The Morgan fingerprint density at radius 2 is 2.04 bits per heavy atom. The molecule has 1 aromatic heterocycles. The number of nitrogens with one attached hydrogen (secondary N) is 1. The molecule has 6 nitrogen and oxygen atoms in total. The van der Waals surface area contributed by atoms with Crippen molar-refractivity contribution in [3.05, 3.63) is 58.1 Å². The second-order valence-corrected chi connectivity index (χ2v) is 6.43. The van der Waals surface area contributed by atoms with Crippen LogP contribution in [-0.2, 0) is 4.84 Å². The monoisotopic (exact) mass is 399 g/mol. The van der Waals surface area contributed by atoms with Crippen LogP contribution >= 0.6 is 15.9 Å². The van der Waals surface area contributed by atoms with E-state index in [9.17, 15) is 5.11 Å². The molecule has 0 radical (unpaired) electrons. The van der Waals surface area contributed by atoms with Gasteiger partial charge < -0.3 is 20.0 Å². The van der Waals surface area contributed by atoms with Crippen LogP contribution in [0.1, 0.15) is 11.1 Å². The summed E-state index contributed by atoms with van der Waals surface area (Å²) in [6.07, 6.45) is 0. The predicted molar refractivity (Wildman–Crippen MR) is 99.9 cm³/mol. The van der Waals surface area contributed by atoms with Crippen LogP contribution in [0.5, 0.6) is 5.88 Å². The largest absolute Gasteiger partial charge is 0.494 e. The van der Waals surface area contributed by atoms with Gasteiger partial charge in [0.05, 0.1) is 23.4 Å². The van der Waals surface area contributed by atoms with Crippen molar-refractivity contribution >= 4 is 43.9 Å². The van der Waals surface area contributed by atoms with Crippen LogP contribution in [0.4, 0.5) is 5.69 Å². The lowest BCUT2D eigenvalue weighted by atomic mass is 10.0. The lowest BCUT2D eigenvalue weighted by Gasteiger charge is -2.04. The van der Waals surface area contributed by atoms with Gasteiger partial charge in [-0.1, -0.05) is 45.4 Å². The fourth-order valence-electron chi connectivity index (χ4n) is 2.89. The van der Waals surface area contributed by atoms with Crippen molar-refractivity contribution in [1.82, 2.24) is 4.98 Å². The number of halogens is 1. The number of rotatable bonds is 4. The first-order chi connectivity index (χ1) is 12.2. The first kappa shape index (κ1) is 15.9. The number of aromatic nitrogens is 1. The summed E-state index contributed by atoms with van der Waals surface area (Å²) in [6.45, 7) is -0.0387. The van der Waals surface area contributed by atoms with Crippen LogP contribution in [0.15, 0.2) is 57.1 Å². The molecule has 25 heavy (non-hydrogen) atoms. The van der Waals surface area contributed by atoms with Gasteiger partial charge in [-0.2, -0.15) is 0 Å². The first-order valence-electron chi connectivity index (χ1n) is 7.69. The minimum atomic E-state index is -0.128. The predicted octanol–water partition coefficient (Wildman–Crippen LogP) is 3.48. The van der Waals surface area contributed by atoms with E-state index in [1.54, 1.807) is 0 Å². The van der Waals surface area contributed by atoms with Crippen LogP contribution in [0.2, 0.25) is 0 Å². The van der Waals surface area contributed by atoms with E-state index in [4.69, 9.17) is 9.94 Å². The molecular formula is C18H14BrN3O3. The number of H-pyrrole nitrogens is 1. The lowest BCUT2D eigenvalue weighted by Crippen LogP contribution is -2.14.